The van der Waals surface area contributed by atoms with Gasteiger partial charge in [0.2, 0.25) is 10.0 Å². The Kier molecular flexibility index (Phi) is 4.46. The number of primary sulfonamides is 1. The lowest BCUT2D eigenvalue weighted by atomic mass is 10.1. The quantitative estimate of drug-likeness (QED) is 0.790. The average Bonchev–Trinajstić information content (AvgIpc) is 2.16. The maximum atomic E-state index is 11.3. The number of hydrogen-bond donors (Lipinski definition) is 1. The number of methoxy groups -OCH3 is 1. The van der Waals surface area contributed by atoms with E-state index in [0.29, 0.717) is 13.0 Å². The van der Waals surface area contributed by atoms with Crippen LogP contribution in [-0.4, -0.2) is 22.1 Å². The van der Waals surface area contributed by atoms with Crippen molar-refractivity contribution >= 4 is 10.0 Å². The Hall–Kier alpha value is -0.910. The van der Waals surface area contributed by atoms with Gasteiger partial charge in [-0.3, -0.25) is 0 Å². The van der Waals surface area contributed by atoms with E-state index in [-0.39, 0.29) is 4.90 Å². The van der Waals surface area contributed by atoms with Gasteiger partial charge in [-0.05, 0) is 31.4 Å². The van der Waals surface area contributed by atoms with E-state index in [1.165, 1.54) is 0 Å². The second-order valence-corrected chi connectivity index (χ2v) is 5.28. The minimum absolute atomic E-state index is 0.217. The Labute approximate surface area is 96.5 Å². The van der Waals surface area contributed by atoms with Crippen molar-refractivity contribution in [2.45, 2.75) is 24.7 Å². The molecule has 0 spiro atoms. The van der Waals surface area contributed by atoms with Crippen LogP contribution in [0.1, 0.15) is 17.5 Å². The summed E-state index contributed by atoms with van der Waals surface area (Å²) in [6.07, 6.45) is 1.43. The normalized spacial score (nSPS) is 11.7. The lowest BCUT2D eigenvalue weighted by Crippen LogP contribution is -2.15. The largest absolute Gasteiger partial charge is 0.385 e. The monoisotopic (exact) mass is 243 g/mol. The third kappa shape index (κ3) is 3.59. The molecular formula is C11H17NO3S. The van der Waals surface area contributed by atoms with Crippen LogP contribution >= 0.6 is 0 Å². The summed E-state index contributed by atoms with van der Waals surface area (Å²) < 4.78 is 27.6. The second kappa shape index (κ2) is 5.43. The molecule has 2 N–H and O–H groups in total. The summed E-state index contributed by atoms with van der Waals surface area (Å²) in [7, 11) is -2.01. The van der Waals surface area contributed by atoms with Crippen LogP contribution in [0.2, 0.25) is 0 Å². The third-order valence-electron chi connectivity index (χ3n) is 2.32. The summed E-state index contributed by atoms with van der Waals surface area (Å²) in [5.41, 5.74) is 1.79. The molecule has 0 aliphatic carbocycles. The Morgan fingerprint density at radius 3 is 2.62 bits per heavy atom. The second-order valence-electron chi connectivity index (χ2n) is 3.75. The number of sulfonamides is 1. The van der Waals surface area contributed by atoms with Gasteiger partial charge in [-0.2, -0.15) is 0 Å². The third-order valence-corrected chi connectivity index (χ3v) is 3.33. The smallest absolute Gasteiger partial charge is 0.238 e. The van der Waals surface area contributed by atoms with Gasteiger partial charge in [-0.25, -0.2) is 13.6 Å². The molecule has 4 nitrogen and oxygen atoms in total. The van der Waals surface area contributed by atoms with E-state index in [0.717, 1.165) is 17.5 Å². The van der Waals surface area contributed by atoms with Gasteiger partial charge >= 0.3 is 0 Å². The maximum Gasteiger partial charge on any atom is 0.238 e. The predicted octanol–water partition coefficient (Wildman–Crippen LogP) is 1.22. The molecule has 0 fully saturated rings. The van der Waals surface area contributed by atoms with Gasteiger partial charge in [0.25, 0.3) is 0 Å². The number of hydrogen-bond acceptors (Lipinski definition) is 3. The minimum Gasteiger partial charge on any atom is -0.385 e. The van der Waals surface area contributed by atoms with Crippen LogP contribution in [0.25, 0.3) is 0 Å². The molecule has 5 heteroatoms. The van der Waals surface area contributed by atoms with Crippen molar-refractivity contribution in [2.24, 2.45) is 5.14 Å². The van der Waals surface area contributed by atoms with E-state index in [2.05, 4.69) is 0 Å². The lowest BCUT2D eigenvalue weighted by Gasteiger charge is -2.08. The molecule has 0 aliphatic heterocycles. The fraction of sp³-hybridized carbons (Fsp3) is 0.455. The predicted molar refractivity (Wildman–Crippen MR) is 62.7 cm³/mol. The van der Waals surface area contributed by atoms with Crippen molar-refractivity contribution in [1.82, 2.24) is 0 Å². The van der Waals surface area contributed by atoms with Crippen LogP contribution in [0.3, 0.4) is 0 Å². The van der Waals surface area contributed by atoms with Gasteiger partial charge in [0.05, 0.1) is 4.90 Å². The Balaban J connectivity index is 3.00. The van der Waals surface area contributed by atoms with Crippen molar-refractivity contribution in [1.29, 1.82) is 0 Å². The fourth-order valence-electron chi connectivity index (χ4n) is 1.59. The van der Waals surface area contributed by atoms with Crippen LogP contribution in [-0.2, 0) is 21.2 Å². The topological polar surface area (TPSA) is 69.4 Å². The molecule has 0 radical (unpaired) electrons. The van der Waals surface area contributed by atoms with E-state index in [1.54, 1.807) is 19.2 Å². The lowest BCUT2D eigenvalue weighted by molar-refractivity contribution is 0.195. The van der Waals surface area contributed by atoms with Crippen molar-refractivity contribution in [3.05, 3.63) is 29.3 Å². The molecule has 0 unspecified atom stereocenters. The molecule has 0 aliphatic rings. The van der Waals surface area contributed by atoms with Gasteiger partial charge in [0.1, 0.15) is 0 Å². The van der Waals surface area contributed by atoms with Gasteiger partial charge < -0.3 is 4.74 Å². The van der Waals surface area contributed by atoms with Crippen molar-refractivity contribution in [3.63, 3.8) is 0 Å². The summed E-state index contributed by atoms with van der Waals surface area (Å²) in [4.78, 5) is 0.217. The maximum absolute atomic E-state index is 11.3. The molecular weight excluding hydrogens is 226 g/mol. The van der Waals surface area contributed by atoms with E-state index >= 15 is 0 Å². The van der Waals surface area contributed by atoms with E-state index in [1.807, 2.05) is 13.0 Å². The van der Waals surface area contributed by atoms with Crippen LogP contribution in [0.15, 0.2) is 23.1 Å². The number of rotatable bonds is 5. The summed E-state index contributed by atoms with van der Waals surface area (Å²) in [5, 5.41) is 5.15. The van der Waals surface area contributed by atoms with Gasteiger partial charge in [-0.1, -0.05) is 17.7 Å². The van der Waals surface area contributed by atoms with E-state index in [9.17, 15) is 8.42 Å². The molecule has 1 rings (SSSR count). The van der Waals surface area contributed by atoms with Crippen LogP contribution < -0.4 is 5.14 Å². The first-order valence-electron chi connectivity index (χ1n) is 5.06. The van der Waals surface area contributed by atoms with E-state index in [4.69, 9.17) is 9.88 Å². The summed E-state index contributed by atoms with van der Waals surface area (Å²) in [6.45, 7) is 2.53. The SMILES string of the molecule is COCCCc1cc(C)ccc1S(N)(=O)=O. The average molecular weight is 243 g/mol. The molecule has 16 heavy (non-hydrogen) atoms. The Bertz CT molecular complexity index is 454. The summed E-state index contributed by atoms with van der Waals surface area (Å²) in [6, 6.07) is 5.17. The zero-order valence-corrected chi connectivity index (χ0v) is 10.4. The molecule has 0 atom stereocenters. The number of aryl methyl sites for hydroxylation is 2. The van der Waals surface area contributed by atoms with Gasteiger partial charge in [0, 0.05) is 13.7 Å². The molecule has 0 saturated heterocycles. The number of benzene rings is 1. The zero-order chi connectivity index (χ0) is 12.2. The van der Waals surface area contributed by atoms with Crippen molar-refractivity contribution < 1.29 is 13.2 Å². The molecule has 0 heterocycles. The zero-order valence-electron chi connectivity index (χ0n) is 9.56. The minimum atomic E-state index is -3.63. The molecule has 0 amide bonds. The van der Waals surface area contributed by atoms with Crippen molar-refractivity contribution in [3.8, 4) is 0 Å². The van der Waals surface area contributed by atoms with Crippen LogP contribution in [0.5, 0.6) is 0 Å². The van der Waals surface area contributed by atoms with Crippen molar-refractivity contribution in [2.75, 3.05) is 13.7 Å². The highest BCUT2D eigenvalue weighted by molar-refractivity contribution is 7.89. The van der Waals surface area contributed by atoms with Crippen LogP contribution in [0, 0.1) is 6.92 Å². The number of ether oxygens (including phenoxy) is 1. The first-order valence-corrected chi connectivity index (χ1v) is 6.61. The standard InChI is InChI=1S/C11H17NO3S/c1-9-5-6-11(16(12,13)14)10(8-9)4-3-7-15-2/h5-6,8H,3-4,7H2,1-2H3,(H2,12,13,14). The number of nitrogens with two attached hydrogens (primary N) is 1. The summed E-state index contributed by atoms with van der Waals surface area (Å²) in [5.74, 6) is 0. The Morgan fingerprint density at radius 2 is 2.06 bits per heavy atom. The van der Waals surface area contributed by atoms with Gasteiger partial charge in [0.15, 0.2) is 0 Å². The van der Waals surface area contributed by atoms with Crippen LogP contribution in [0.4, 0.5) is 0 Å². The highest BCUT2D eigenvalue weighted by Crippen LogP contribution is 2.17. The molecule has 0 saturated carbocycles. The molecule has 1 aromatic rings. The highest BCUT2D eigenvalue weighted by Gasteiger charge is 2.13. The highest BCUT2D eigenvalue weighted by atomic mass is 32.2. The van der Waals surface area contributed by atoms with E-state index < -0.39 is 10.0 Å². The molecule has 1 aromatic carbocycles. The first-order chi connectivity index (χ1) is 7.45. The fourth-order valence-corrected chi connectivity index (χ4v) is 2.37. The Morgan fingerprint density at radius 1 is 1.38 bits per heavy atom. The molecule has 90 valence electrons. The van der Waals surface area contributed by atoms with Gasteiger partial charge in [-0.15, -0.1) is 0 Å². The molecule has 0 aromatic heterocycles. The molecule has 0 bridgehead atoms. The summed E-state index contributed by atoms with van der Waals surface area (Å²) >= 11 is 0. The first kappa shape index (κ1) is 13.2.